The molecule has 0 saturated heterocycles. The predicted octanol–water partition coefficient (Wildman–Crippen LogP) is 4.69. The van der Waals surface area contributed by atoms with E-state index in [9.17, 15) is 23.3 Å². The number of nitrogens with zero attached hydrogens (tertiary/aromatic N) is 3. The number of carbonyl (C=O) groups excluding carboxylic acids is 2. The van der Waals surface area contributed by atoms with Crippen molar-refractivity contribution in [1.29, 1.82) is 0 Å². The van der Waals surface area contributed by atoms with Gasteiger partial charge in [-0.2, -0.15) is 5.10 Å². The fourth-order valence-electron chi connectivity index (χ4n) is 4.45. The Kier molecular flexibility index (Phi) is 7.57. The van der Waals surface area contributed by atoms with Crippen molar-refractivity contribution in [2.45, 2.75) is 76.8 Å². The minimum atomic E-state index is -2.69. The average molecular weight is 489 g/mol. The molecule has 2 amide bonds. The third-order valence-corrected chi connectivity index (χ3v) is 6.47. The maximum atomic E-state index is 12.9. The van der Waals surface area contributed by atoms with E-state index in [0.717, 1.165) is 31.7 Å². The molecule has 1 aliphatic heterocycles. The van der Waals surface area contributed by atoms with Crippen LogP contribution < -0.4 is 10.1 Å². The number of aromatic nitrogens is 2. The fourth-order valence-corrected chi connectivity index (χ4v) is 4.45. The van der Waals surface area contributed by atoms with Crippen LogP contribution in [0.5, 0.6) is 5.75 Å². The maximum absolute atomic E-state index is 12.9. The van der Waals surface area contributed by atoms with Crippen LogP contribution in [0.4, 0.5) is 8.78 Å². The summed E-state index contributed by atoms with van der Waals surface area (Å²) in [6, 6.07) is 7.28. The minimum Gasteiger partial charge on any atom is -0.494 e. The molecule has 0 unspecified atom stereocenters. The highest BCUT2D eigenvalue weighted by Gasteiger charge is 2.35. The van der Waals surface area contributed by atoms with E-state index < -0.39 is 17.7 Å². The normalized spacial score (nSPS) is 17.6. The van der Waals surface area contributed by atoms with Crippen molar-refractivity contribution in [2.75, 3.05) is 6.61 Å². The Balaban J connectivity index is 1.36. The Bertz CT molecular complexity index is 1090. The summed E-state index contributed by atoms with van der Waals surface area (Å²) in [6.45, 7) is 1.60. The number of rotatable bonds is 12. The first-order valence-corrected chi connectivity index (χ1v) is 12.1. The zero-order chi connectivity index (χ0) is 25.0. The summed E-state index contributed by atoms with van der Waals surface area (Å²) in [7, 11) is 0. The number of amides is 2. The summed E-state index contributed by atoms with van der Waals surface area (Å²) in [5.74, 6) is -2.85. The summed E-state index contributed by atoms with van der Waals surface area (Å²) in [5, 5.41) is 9.98. The lowest BCUT2D eigenvalue weighted by atomic mass is 9.95. The minimum absolute atomic E-state index is 0.0164. The molecule has 0 radical (unpaired) electrons. The first-order valence-electron chi connectivity index (χ1n) is 12.1. The average Bonchev–Trinajstić information content (AvgIpc) is 3.57. The zero-order valence-electron chi connectivity index (χ0n) is 19.8. The number of hydrogen-bond donors (Lipinski definition) is 1. The molecule has 1 N–H and O–H groups in total. The molecule has 1 atom stereocenters. The van der Waals surface area contributed by atoms with Gasteiger partial charge in [0, 0.05) is 30.6 Å². The summed E-state index contributed by atoms with van der Waals surface area (Å²) in [6.07, 6.45) is 4.96. The van der Waals surface area contributed by atoms with Crippen LogP contribution >= 0.6 is 0 Å². The molecule has 35 heavy (non-hydrogen) atoms. The van der Waals surface area contributed by atoms with Gasteiger partial charge >= 0.3 is 5.91 Å². The van der Waals surface area contributed by atoms with Gasteiger partial charge in [0.05, 0.1) is 17.9 Å². The number of ether oxygens (including phenoxy) is 1. The van der Waals surface area contributed by atoms with Gasteiger partial charge in [0.15, 0.2) is 0 Å². The topological polar surface area (TPSA) is 103 Å². The maximum Gasteiger partial charge on any atom is 0.335 e. The van der Waals surface area contributed by atoms with E-state index in [-0.39, 0.29) is 36.7 Å². The number of carbonyl (C=O) groups is 2. The SMILES string of the molecule is CC(F)(F)CCCOc1cccc(CC[C@H]2Cc3nn(CCC4CC4)c(C(=O)N=O)c3C(=O)N2)c1. The number of nitrogens with one attached hydrogen (secondary N) is 1. The van der Waals surface area contributed by atoms with Gasteiger partial charge < -0.3 is 10.1 Å². The first kappa shape index (κ1) is 24.9. The van der Waals surface area contributed by atoms with Gasteiger partial charge in [-0.05, 0) is 56.2 Å². The molecule has 1 fully saturated rings. The molecule has 2 aromatic rings. The van der Waals surface area contributed by atoms with E-state index >= 15 is 0 Å². The molecule has 0 spiro atoms. The van der Waals surface area contributed by atoms with Crippen molar-refractivity contribution >= 4 is 11.8 Å². The molecule has 188 valence electrons. The Labute approximate surface area is 202 Å². The standard InChI is InChI=1S/C25H30F2N4O4/c1-25(26,27)11-3-13-35-19-5-2-4-17(14-19)8-9-18-15-20-21(23(32)28-18)22(24(33)30-34)31(29-20)12-10-16-6-7-16/h2,4-5,14,16,18H,3,6-13,15H2,1H3,(H,28,32)/t18-/m0/s1. The summed E-state index contributed by atoms with van der Waals surface area (Å²) in [4.78, 5) is 36.0. The van der Waals surface area contributed by atoms with Crippen LogP contribution in [0.3, 0.4) is 0 Å². The van der Waals surface area contributed by atoms with Crippen LogP contribution in [0.25, 0.3) is 0 Å². The Hall–Kier alpha value is -3.17. The van der Waals surface area contributed by atoms with Crippen LogP contribution in [-0.4, -0.2) is 40.2 Å². The van der Waals surface area contributed by atoms with Crippen molar-refractivity contribution in [2.24, 2.45) is 11.1 Å². The smallest absolute Gasteiger partial charge is 0.335 e. The molecule has 1 aromatic heterocycles. The van der Waals surface area contributed by atoms with Gasteiger partial charge in [-0.3, -0.25) is 14.3 Å². The van der Waals surface area contributed by atoms with Gasteiger partial charge in [0.1, 0.15) is 11.4 Å². The molecular weight excluding hydrogens is 458 g/mol. The van der Waals surface area contributed by atoms with Crippen LogP contribution in [0.2, 0.25) is 0 Å². The van der Waals surface area contributed by atoms with E-state index in [2.05, 4.69) is 15.6 Å². The van der Waals surface area contributed by atoms with Gasteiger partial charge in [-0.1, -0.05) is 25.0 Å². The Morgan fingerprint density at radius 1 is 1.31 bits per heavy atom. The van der Waals surface area contributed by atoms with Crippen molar-refractivity contribution < 1.29 is 23.1 Å². The first-order chi connectivity index (χ1) is 16.7. The van der Waals surface area contributed by atoms with Crippen LogP contribution in [-0.2, 0) is 19.4 Å². The van der Waals surface area contributed by atoms with Crippen molar-refractivity contribution in [3.05, 3.63) is 51.7 Å². The molecule has 0 bridgehead atoms. The van der Waals surface area contributed by atoms with Crippen molar-refractivity contribution in [3.8, 4) is 5.75 Å². The number of halogens is 2. The van der Waals surface area contributed by atoms with E-state index in [1.165, 1.54) is 4.68 Å². The van der Waals surface area contributed by atoms with E-state index in [1.54, 1.807) is 6.07 Å². The van der Waals surface area contributed by atoms with Crippen LogP contribution in [0, 0.1) is 10.8 Å². The summed E-state index contributed by atoms with van der Waals surface area (Å²) < 4.78 is 33.0. The van der Waals surface area contributed by atoms with Crippen LogP contribution in [0.1, 0.15) is 77.6 Å². The zero-order valence-corrected chi connectivity index (χ0v) is 19.8. The molecule has 2 aliphatic rings. The Morgan fingerprint density at radius 3 is 2.83 bits per heavy atom. The van der Waals surface area contributed by atoms with Crippen molar-refractivity contribution in [3.63, 3.8) is 0 Å². The second-order valence-electron chi connectivity index (χ2n) is 9.60. The number of benzene rings is 1. The number of hydrogen-bond acceptors (Lipinski definition) is 5. The number of nitroso groups, excluding NO2 is 1. The number of fused-ring (bicyclic) bond motifs is 1. The Morgan fingerprint density at radius 2 is 2.11 bits per heavy atom. The molecule has 10 heteroatoms. The molecule has 1 aromatic carbocycles. The van der Waals surface area contributed by atoms with Gasteiger partial charge in [-0.25, -0.2) is 8.78 Å². The third kappa shape index (κ3) is 6.70. The number of alkyl halides is 2. The van der Waals surface area contributed by atoms with E-state index in [0.29, 0.717) is 43.2 Å². The molecule has 8 nitrogen and oxygen atoms in total. The van der Waals surface area contributed by atoms with E-state index in [1.807, 2.05) is 18.2 Å². The summed E-state index contributed by atoms with van der Waals surface area (Å²) in [5.41, 5.74) is 1.66. The quantitative estimate of drug-likeness (QED) is 0.345. The van der Waals surface area contributed by atoms with Gasteiger partial charge in [0.2, 0.25) is 5.92 Å². The molecular formula is C25H30F2N4O4. The lowest BCUT2D eigenvalue weighted by molar-refractivity contribution is 0.00768. The van der Waals surface area contributed by atoms with Gasteiger partial charge in [0.25, 0.3) is 5.91 Å². The molecule has 1 saturated carbocycles. The highest BCUT2D eigenvalue weighted by Crippen LogP contribution is 2.33. The lowest BCUT2D eigenvalue weighted by Crippen LogP contribution is -2.42. The lowest BCUT2D eigenvalue weighted by Gasteiger charge is -2.23. The van der Waals surface area contributed by atoms with Crippen LogP contribution in [0.15, 0.2) is 29.4 Å². The van der Waals surface area contributed by atoms with E-state index in [4.69, 9.17) is 4.74 Å². The highest BCUT2D eigenvalue weighted by molar-refractivity contribution is 6.08. The monoisotopic (exact) mass is 488 g/mol. The second-order valence-corrected chi connectivity index (χ2v) is 9.60. The van der Waals surface area contributed by atoms with Crippen molar-refractivity contribution in [1.82, 2.24) is 15.1 Å². The molecule has 4 rings (SSSR count). The molecule has 1 aliphatic carbocycles. The summed E-state index contributed by atoms with van der Waals surface area (Å²) >= 11 is 0. The third-order valence-electron chi connectivity index (χ3n) is 6.47. The second kappa shape index (κ2) is 10.6. The largest absolute Gasteiger partial charge is 0.494 e. The molecule has 2 heterocycles. The predicted molar refractivity (Wildman–Crippen MR) is 125 cm³/mol. The van der Waals surface area contributed by atoms with Gasteiger partial charge in [-0.15, -0.1) is 4.91 Å². The number of aryl methyl sites for hydroxylation is 2. The highest BCUT2D eigenvalue weighted by atomic mass is 19.3. The fraction of sp³-hybridized carbons (Fsp3) is 0.560.